The van der Waals surface area contributed by atoms with E-state index in [1.165, 1.54) is 0 Å². The molecule has 0 aliphatic rings. The summed E-state index contributed by atoms with van der Waals surface area (Å²) in [7, 11) is 1.62. The molecule has 2 N–H and O–H groups in total. The molecule has 0 fully saturated rings. The van der Waals surface area contributed by atoms with E-state index < -0.39 is 6.04 Å². The van der Waals surface area contributed by atoms with E-state index in [0.29, 0.717) is 19.6 Å². The largest absolute Gasteiger partial charge is 0.464 e. The molecule has 4 heteroatoms. The van der Waals surface area contributed by atoms with Crippen molar-refractivity contribution in [3.8, 4) is 0 Å². The van der Waals surface area contributed by atoms with Crippen molar-refractivity contribution in [3.63, 3.8) is 0 Å². The molecule has 0 aromatic carbocycles. The van der Waals surface area contributed by atoms with Gasteiger partial charge in [-0.1, -0.05) is 13.3 Å². The van der Waals surface area contributed by atoms with Crippen molar-refractivity contribution in [1.29, 1.82) is 0 Å². The average molecular weight is 189 g/mol. The molecule has 0 heterocycles. The van der Waals surface area contributed by atoms with Crippen LogP contribution in [0.3, 0.4) is 0 Å². The molecular formula is C9H19NO3. The molecule has 0 radical (unpaired) electrons. The smallest absolute Gasteiger partial charge is 0.322 e. The Bertz CT molecular complexity index is 139. The molecular weight excluding hydrogens is 170 g/mol. The number of ether oxygens (including phenoxy) is 2. The minimum Gasteiger partial charge on any atom is -0.464 e. The molecule has 0 amide bonds. The third-order valence-corrected chi connectivity index (χ3v) is 1.64. The fourth-order valence-electron chi connectivity index (χ4n) is 0.912. The minimum atomic E-state index is -0.465. The lowest BCUT2D eigenvalue weighted by molar-refractivity contribution is -0.145. The van der Waals surface area contributed by atoms with Gasteiger partial charge in [-0.3, -0.25) is 4.79 Å². The van der Waals surface area contributed by atoms with E-state index in [4.69, 9.17) is 15.2 Å². The maximum atomic E-state index is 11.1. The summed E-state index contributed by atoms with van der Waals surface area (Å²) in [6.45, 7) is 2.98. The molecule has 0 aromatic rings. The molecule has 0 bridgehead atoms. The first kappa shape index (κ1) is 12.4. The van der Waals surface area contributed by atoms with Gasteiger partial charge in [0.2, 0.25) is 0 Å². The Balaban J connectivity index is 3.38. The summed E-state index contributed by atoms with van der Waals surface area (Å²) in [6.07, 6.45) is 2.30. The number of hydrogen-bond acceptors (Lipinski definition) is 4. The van der Waals surface area contributed by atoms with Gasteiger partial charge in [0.15, 0.2) is 0 Å². The molecule has 0 aromatic heterocycles. The molecule has 4 nitrogen and oxygen atoms in total. The monoisotopic (exact) mass is 189 g/mol. The Hall–Kier alpha value is -0.610. The topological polar surface area (TPSA) is 61.6 Å². The van der Waals surface area contributed by atoms with E-state index in [1.54, 1.807) is 7.11 Å². The molecule has 0 aliphatic heterocycles. The second-order valence-corrected chi connectivity index (χ2v) is 2.91. The molecule has 0 aliphatic carbocycles. The fraction of sp³-hybridized carbons (Fsp3) is 0.889. The van der Waals surface area contributed by atoms with Gasteiger partial charge in [-0.25, -0.2) is 0 Å². The highest BCUT2D eigenvalue weighted by Gasteiger charge is 2.12. The predicted molar refractivity (Wildman–Crippen MR) is 50.3 cm³/mol. The van der Waals surface area contributed by atoms with Crippen molar-refractivity contribution in [2.24, 2.45) is 5.73 Å². The van der Waals surface area contributed by atoms with Crippen molar-refractivity contribution in [2.45, 2.75) is 32.2 Å². The summed E-state index contributed by atoms with van der Waals surface area (Å²) in [6, 6.07) is -0.465. The van der Waals surface area contributed by atoms with Gasteiger partial charge in [-0.15, -0.1) is 0 Å². The number of rotatable bonds is 7. The maximum absolute atomic E-state index is 11.1. The third kappa shape index (κ3) is 6.54. The average Bonchev–Trinajstić information content (AvgIpc) is 2.12. The van der Waals surface area contributed by atoms with Gasteiger partial charge < -0.3 is 15.2 Å². The molecule has 0 spiro atoms. The number of carbonyl (C=O) groups excluding carboxylic acids is 1. The molecule has 13 heavy (non-hydrogen) atoms. The Morgan fingerprint density at radius 2 is 2.15 bits per heavy atom. The summed E-state index contributed by atoms with van der Waals surface area (Å²) >= 11 is 0. The summed E-state index contributed by atoms with van der Waals surface area (Å²) in [5.41, 5.74) is 5.54. The van der Waals surface area contributed by atoms with Gasteiger partial charge in [0.25, 0.3) is 0 Å². The van der Waals surface area contributed by atoms with Gasteiger partial charge in [-0.05, 0) is 6.42 Å². The van der Waals surface area contributed by atoms with E-state index in [2.05, 4.69) is 0 Å². The van der Waals surface area contributed by atoms with Crippen LogP contribution in [-0.4, -0.2) is 32.3 Å². The summed E-state index contributed by atoms with van der Waals surface area (Å²) in [5.74, 6) is -0.307. The van der Waals surface area contributed by atoms with Crippen LogP contribution >= 0.6 is 0 Å². The first-order chi connectivity index (χ1) is 6.22. The normalized spacial score (nSPS) is 12.5. The van der Waals surface area contributed by atoms with Crippen molar-refractivity contribution in [2.75, 3.05) is 20.3 Å². The van der Waals surface area contributed by atoms with E-state index in [1.807, 2.05) is 6.92 Å². The zero-order valence-corrected chi connectivity index (χ0v) is 8.41. The zero-order chi connectivity index (χ0) is 10.1. The van der Waals surface area contributed by atoms with E-state index >= 15 is 0 Å². The fourth-order valence-corrected chi connectivity index (χ4v) is 0.912. The predicted octanol–water partition coefficient (Wildman–Crippen LogP) is 0.694. The third-order valence-electron chi connectivity index (χ3n) is 1.64. The standard InChI is InChI=1S/C9H19NO3/c1-3-5-8(10)9(11)13-7-4-6-12-2/h8H,3-7,10H2,1-2H3/t8-/m0/s1. The van der Waals surface area contributed by atoms with Crippen molar-refractivity contribution in [1.82, 2.24) is 0 Å². The van der Waals surface area contributed by atoms with Crippen LogP contribution in [0, 0.1) is 0 Å². The zero-order valence-electron chi connectivity index (χ0n) is 8.41. The van der Waals surface area contributed by atoms with Crippen molar-refractivity contribution in [3.05, 3.63) is 0 Å². The molecule has 0 saturated heterocycles. The lowest BCUT2D eigenvalue weighted by Gasteiger charge is -2.09. The quantitative estimate of drug-likeness (QED) is 0.473. The van der Waals surface area contributed by atoms with Crippen molar-refractivity contribution < 1.29 is 14.3 Å². The Labute approximate surface area is 79.4 Å². The van der Waals surface area contributed by atoms with Crippen LogP contribution in [0.5, 0.6) is 0 Å². The Kier molecular flexibility index (Phi) is 7.63. The van der Waals surface area contributed by atoms with Gasteiger partial charge in [0, 0.05) is 20.1 Å². The highest BCUT2D eigenvalue weighted by atomic mass is 16.5. The summed E-state index contributed by atoms with van der Waals surface area (Å²) in [5, 5.41) is 0. The van der Waals surface area contributed by atoms with Gasteiger partial charge in [-0.2, -0.15) is 0 Å². The lowest BCUT2D eigenvalue weighted by atomic mass is 10.2. The maximum Gasteiger partial charge on any atom is 0.322 e. The second-order valence-electron chi connectivity index (χ2n) is 2.91. The van der Waals surface area contributed by atoms with Crippen LogP contribution in [0.2, 0.25) is 0 Å². The van der Waals surface area contributed by atoms with E-state index in [0.717, 1.165) is 12.8 Å². The summed E-state index contributed by atoms with van der Waals surface area (Å²) in [4.78, 5) is 11.1. The van der Waals surface area contributed by atoms with Crippen molar-refractivity contribution >= 4 is 5.97 Å². The van der Waals surface area contributed by atoms with Crippen LogP contribution in [-0.2, 0) is 14.3 Å². The highest BCUT2D eigenvalue weighted by molar-refractivity contribution is 5.75. The Morgan fingerprint density at radius 1 is 1.46 bits per heavy atom. The lowest BCUT2D eigenvalue weighted by Crippen LogP contribution is -2.32. The first-order valence-corrected chi connectivity index (χ1v) is 4.63. The van der Waals surface area contributed by atoms with Gasteiger partial charge in [0.05, 0.1) is 6.61 Å². The number of methoxy groups -OCH3 is 1. The highest BCUT2D eigenvalue weighted by Crippen LogP contribution is 1.96. The van der Waals surface area contributed by atoms with Crippen LogP contribution < -0.4 is 5.73 Å². The van der Waals surface area contributed by atoms with E-state index in [9.17, 15) is 4.79 Å². The molecule has 0 rings (SSSR count). The summed E-state index contributed by atoms with van der Waals surface area (Å²) < 4.78 is 9.72. The molecule has 0 unspecified atom stereocenters. The number of carbonyl (C=O) groups is 1. The van der Waals surface area contributed by atoms with Crippen LogP contribution in [0.15, 0.2) is 0 Å². The number of hydrogen-bond donors (Lipinski definition) is 1. The SMILES string of the molecule is CCC[C@H](N)C(=O)OCCCOC. The second kappa shape index (κ2) is 8.01. The van der Waals surface area contributed by atoms with Crippen LogP contribution in [0.1, 0.15) is 26.2 Å². The Morgan fingerprint density at radius 3 is 2.69 bits per heavy atom. The van der Waals surface area contributed by atoms with Gasteiger partial charge >= 0.3 is 5.97 Å². The number of esters is 1. The first-order valence-electron chi connectivity index (χ1n) is 4.63. The van der Waals surface area contributed by atoms with E-state index in [-0.39, 0.29) is 5.97 Å². The van der Waals surface area contributed by atoms with Crippen LogP contribution in [0.25, 0.3) is 0 Å². The molecule has 1 atom stereocenters. The van der Waals surface area contributed by atoms with Gasteiger partial charge in [0.1, 0.15) is 6.04 Å². The number of nitrogens with two attached hydrogens (primary N) is 1. The molecule has 0 saturated carbocycles. The van der Waals surface area contributed by atoms with Crippen LogP contribution in [0.4, 0.5) is 0 Å². The molecule has 78 valence electrons. The minimum absolute atomic E-state index is 0.307.